The zero-order chi connectivity index (χ0) is 22.2. The third-order valence-electron chi connectivity index (χ3n) is 5.34. The Morgan fingerprint density at radius 1 is 1.06 bits per heavy atom. The summed E-state index contributed by atoms with van der Waals surface area (Å²) in [7, 11) is 0. The number of hydrazine groups is 1. The van der Waals surface area contributed by atoms with Gasteiger partial charge in [-0.05, 0) is 24.6 Å². The number of carbonyl (C=O) groups excluding carboxylic acids is 1. The minimum Gasteiger partial charge on any atom is -0.462 e. The number of amides is 1. The second kappa shape index (κ2) is 11.1. The van der Waals surface area contributed by atoms with Gasteiger partial charge in [0.1, 0.15) is 18.1 Å². The van der Waals surface area contributed by atoms with E-state index >= 15 is 0 Å². The van der Waals surface area contributed by atoms with E-state index in [0.29, 0.717) is 38.7 Å². The third kappa shape index (κ3) is 6.28. The molecule has 2 aliphatic rings. The zero-order valence-corrected chi connectivity index (χ0v) is 18.4. The average Bonchev–Trinajstić information content (AvgIpc) is 2.84. The van der Waals surface area contributed by atoms with Crippen LogP contribution in [0.25, 0.3) is 0 Å². The minimum absolute atomic E-state index is 0.197. The lowest BCUT2D eigenvalue weighted by Crippen LogP contribution is -2.39. The molecule has 10 heteroatoms. The molecule has 0 aliphatic carbocycles. The van der Waals surface area contributed by atoms with E-state index in [1.807, 2.05) is 31.2 Å². The van der Waals surface area contributed by atoms with Crippen molar-refractivity contribution in [3.63, 3.8) is 0 Å². The predicted molar refractivity (Wildman–Crippen MR) is 120 cm³/mol. The van der Waals surface area contributed by atoms with E-state index in [9.17, 15) is 4.79 Å². The Morgan fingerprint density at radius 2 is 1.81 bits per heavy atom. The van der Waals surface area contributed by atoms with E-state index < -0.39 is 0 Å². The fourth-order valence-electron chi connectivity index (χ4n) is 3.55. The summed E-state index contributed by atoms with van der Waals surface area (Å²) in [5, 5.41) is 0. The first-order chi connectivity index (χ1) is 15.7. The first-order valence-electron chi connectivity index (χ1n) is 10.9. The molecule has 10 nitrogen and oxygen atoms in total. The van der Waals surface area contributed by atoms with E-state index in [1.165, 1.54) is 0 Å². The largest absolute Gasteiger partial charge is 0.462 e. The maximum Gasteiger partial charge on any atom is 0.319 e. The standard InChI is InChI=1S/C22H30N6O4/c1-17-3-2-4-18(15-17)25-26-21(29)19-16-20(28-8-12-31-13-9-28)24-22(23-19)32-14-7-27-5-10-30-11-6-27/h2-4,15-16,25H,5-14H2,1H3,(H,26,29). The number of aromatic nitrogens is 2. The molecule has 3 heterocycles. The lowest BCUT2D eigenvalue weighted by Gasteiger charge is -2.28. The van der Waals surface area contributed by atoms with Crippen molar-refractivity contribution in [2.75, 3.05) is 76.1 Å². The second-order valence-corrected chi connectivity index (χ2v) is 7.74. The van der Waals surface area contributed by atoms with Crippen molar-refractivity contribution in [1.29, 1.82) is 0 Å². The summed E-state index contributed by atoms with van der Waals surface area (Å²) in [5.74, 6) is 0.298. The summed E-state index contributed by atoms with van der Waals surface area (Å²) in [6, 6.07) is 9.63. The van der Waals surface area contributed by atoms with Gasteiger partial charge in [0.15, 0.2) is 0 Å². The van der Waals surface area contributed by atoms with Crippen LogP contribution in [-0.2, 0) is 9.47 Å². The molecule has 2 fully saturated rings. The van der Waals surface area contributed by atoms with Gasteiger partial charge in [-0.3, -0.25) is 20.5 Å². The highest BCUT2D eigenvalue weighted by Crippen LogP contribution is 2.18. The zero-order valence-electron chi connectivity index (χ0n) is 18.4. The average molecular weight is 443 g/mol. The summed E-state index contributed by atoms with van der Waals surface area (Å²) >= 11 is 0. The Balaban J connectivity index is 1.43. The van der Waals surface area contributed by atoms with Crippen molar-refractivity contribution in [2.45, 2.75) is 6.92 Å². The van der Waals surface area contributed by atoms with Crippen LogP contribution in [0.3, 0.4) is 0 Å². The first kappa shape index (κ1) is 22.3. The SMILES string of the molecule is Cc1cccc(NNC(=O)c2cc(N3CCOCC3)nc(OCCN3CCOCC3)n2)c1. The number of hydrogen-bond donors (Lipinski definition) is 2. The van der Waals surface area contributed by atoms with Gasteiger partial charge in [0.2, 0.25) is 0 Å². The Morgan fingerprint density at radius 3 is 2.56 bits per heavy atom. The van der Waals surface area contributed by atoms with Crippen LogP contribution >= 0.6 is 0 Å². The Hall–Kier alpha value is -2.95. The molecule has 1 amide bonds. The van der Waals surface area contributed by atoms with Gasteiger partial charge in [-0.2, -0.15) is 9.97 Å². The van der Waals surface area contributed by atoms with Crippen LogP contribution in [0.5, 0.6) is 6.01 Å². The topological polar surface area (TPSA) is 101 Å². The molecule has 2 aromatic rings. The number of aryl methyl sites for hydroxylation is 1. The molecule has 1 aromatic heterocycles. The molecule has 172 valence electrons. The van der Waals surface area contributed by atoms with Crippen LogP contribution in [-0.4, -0.2) is 86.5 Å². The smallest absolute Gasteiger partial charge is 0.319 e. The normalized spacial score (nSPS) is 17.1. The van der Waals surface area contributed by atoms with Crippen LogP contribution in [0.4, 0.5) is 11.5 Å². The molecular formula is C22H30N6O4. The highest BCUT2D eigenvalue weighted by atomic mass is 16.5. The molecule has 32 heavy (non-hydrogen) atoms. The molecule has 4 rings (SSSR count). The molecule has 0 bridgehead atoms. The summed E-state index contributed by atoms with van der Waals surface area (Å²) in [5.41, 5.74) is 7.77. The number of ether oxygens (including phenoxy) is 3. The Labute approximate surface area is 187 Å². The molecule has 0 atom stereocenters. The molecule has 2 saturated heterocycles. The van der Waals surface area contributed by atoms with Gasteiger partial charge in [-0.1, -0.05) is 12.1 Å². The van der Waals surface area contributed by atoms with Gasteiger partial charge in [-0.15, -0.1) is 0 Å². The number of benzene rings is 1. The number of morpholine rings is 2. The van der Waals surface area contributed by atoms with Crippen molar-refractivity contribution in [1.82, 2.24) is 20.3 Å². The number of nitrogens with one attached hydrogen (secondary N) is 2. The number of anilines is 2. The van der Waals surface area contributed by atoms with E-state index in [-0.39, 0.29) is 17.6 Å². The fraction of sp³-hybridized carbons (Fsp3) is 0.500. The molecular weight excluding hydrogens is 412 g/mol. The number of rotatable bonds is 8. The van der Waals surface area contributed by atoms with Crippen molar-refractivity contribution in [3.8, 4) is 6.01 Å². The first-order valence-corrected chi connectivity index (χ1v) is 10.9. The monoisotopic (exact) mass is 442 g/mol. The fourth-order valence-corrected chi connectivity index (χ4v) is 3.55. The lowest BCUT2D eigenvalue weighted by atomic mass is 10.2. The summed E-state index contributed by atoms with van der Waals surface area (Å²) in [4.78, 5) is 26.1. The van der Waals surface area contributed by atoms with Gasteiger partial charge >= 0.3 is 6.01 Å². The van der Waals surface area contributed by atoms with Crippen molar-refractivity contribution in [3.05, 3.63) is 41.6 Å². The van der Waals surface area contributed by atoms with Crippen LogP contribution < -0.4 is 20.5 Å². The molecule has 0 unspecified atom stereocenters. The summed E-state index contributed by atoms with van der Waals surface area (Å²) in [6.45, 7) is 9.07. The Kier molecular flexibility index (Phi) is 7.70. The van der Waals surface area contributed by atoms with E-state index in [4.69, 9.17) is 14.2 Å². The minimum atomic E-state index is -0.360. The maximum atomic E-state index is 12.8. The third-order valence-corrected chi connectivity index (χ3v) is 5.34. The van der Waals surface area contributed by atoms with Crippen molar-refractivity contribution < 1.29 is 19.0 Å². The Bertz CT molecular complexity index is 900. The molecule has 0 spiro atoms. The van der Waals surface area contributed by atoms with Gasteiger partial charge in [0, 0.05) is 38.8 Å². The quantitative estimate of drug-likeness (QED) is 0.582. The van der Waals surface area contributed by atoms with Crippen molar-refractivity contribution >= 4 is 17.4 Å². The van der Waals surface area contributed by atoms with E-state index in [2.05, 4.69) is 30.6 Å². The summed E-state index contributed by atoms with van der Waals surface area (Å²) < 4.78 is 16.7. The maximum absolute atomic E-state index is 12.8. The van der Waals surface area contributed by atoms with Crippen LogP contribution in [0.1, 0.15) is 16.1 Å². The van der Waals surface area contributed by atoms with E-state index in [1.54, 1.807) is 6.07 Å². The van der Waals surface area contributed by atoms with Crippen molar-refractivity contribution in [2.24, 2.45) is 0 Å². The number of carbonyl (C=O) groups is 1. The van der Waals surface area contributed by atoms with Gasteiger partial charge in [-0.25, -0.2) is 0 Å². The van der Waals surface area contributed by atoms with E-state index in [0.717, 1.165) is 44.1 Å². The highest BCUT2D eigenvalue weighted by molar-refractivity contribution is 5.93. The van der Waals surface area contributed by atoms with Gasteiger partial charge < -0.3 is 19.1 Å². The summed E-state index contributed by atoms with van der Waals surface area (Å²) in [6.07, 6.45) is 0. The number of hydrogen-bond acceptors (Lipinski definition) is 9. The molecule has 0 radical (unpaired) electrons. The van der Waals surface area contributed by atoms with Crippen LogP contribution in [0, 0.1) is 6.92 Å². The second-order valence-electron chi connectivity index (χ2n) is 7.74. The molecule has 2 aliphatic heterocycles. The molecule has 2 N–H and O–H groups in total. The van der Waals surface area contributed by atoms with Crippen LogP contribution in [0.15, 0.2) is 30.3 Å². The lowest BCUT2D eigenvalue weighted by molar-refractivity contribution is 0.0317. The molecule has 0 saturated carbocycles. The molecule has 1 aromatic carbocycles. The number of nitrogens with zero attached hydrogens (tertiary/aromatic N) is 4. The highest BCUT2D eigenvalue weighted by Gasteiger charge is 2.19. The van der Waals surface area contributed by atoms with Crippen LogP contribution in [0.2, 0.25) is 0 Å². The van der Waals surface area contributed by atoms with Gasteiger partial charge in [0.25, 0.3) is 5.91 Å². The predicted octanol–water partition coefficient (Wildman–Crippen LogP) is 1.09. The van der Waals surface area contributed by atoms with Gasteiger partial charge in [0.05, 0.1) is 32.1 Å².